The van der Waals surface area contributed by atoms with Gasteiger partial charge in [0.05, 0.1) is 7.11 Å². The topological polar surface area (TPSA) is 83.2 Å². The van der Waals surface area contributed by atoms with E-state index in [0.717, 1.165) is 10.9 Å². The van der Waals surface area contributed by atoms with Crippen molar-refractivity contribution in [2.45, 2.75) is 0 Å². The van der Waals surface area contributed by atoms with Gasteiger partial charge in [-0.15, -0.1) is 0 Å². The fourth-order valence-corrected chi connectivity index (χ4v) is 2.42. The van der Waals surface area contributed by atoms with Crippen LogP contribution in [0.4, 0.5) is 0 Å². The van der Waals surface area contributed by atoms with Gasteiger partial charge in [-0.3, -0.25) is 20.4 Å². The molecule has 122 valence electrons. The van der Waals surface area contributed by atoms with Crippen molar-refractivity contribution in [3.8, 4) is 5.75 Å². The zero-order chi connectivity index (χ0) is 17.1. The maximum Gasteiger partial charge on any atom is 0.286 e. The first-order valence-corrected chi connectivity index (χ1v) is 7.47. The van der Waals surface area contributed by atoms with Gasteiger partial charge in [-0.25, -0.2) is 0 Å². The predicted molar refractivity (Wildman–Crippen MR) is 91.2 cm³/mol. The number of hydrogen-bond acceptors (Lipinski definition) is 3. The molecular formula is C17H14ClN3O3. The molecule has 0 atom stereocenters. The average Bonchev–Trinajstić information content (AvgIpc) is 3.02. The molecule has 0 fully saturated rings. The van der Waals surface area contributed by atoms with E-state index in [1.54, 1.807) is 48.5 Å². The molecule has 3 rings (SSSR count). The standard InChI is InChI=1S/C17H14ClN3O3/c1-24-13-4-2-3-10(8-13)16(22)20-21-17(23)15-9-11-7-12(18)5-6-14(11)19-15/h2-9,19H,1H3,(H,20,22)(H,21,23). The van der Waals surface area contributed by atoms with Crippen LogP contribution in [0.25, 0.3) is 10.9 Å². The van der Waals surface area contributed by atoms with E-state index in [2.05, 4.69) is 15.8 Å². The molecule has 0 aliphatic carbocycles. The largest absolute Gasteiger partial charge is 0.497 e. The van der Waals surface area contributed by atoms with E-state index in [1.807, 2.05) is 0 Å². The predicted octanol–water partition coefficient (Wildman–Crippen LogP) is 2.90. The number of fused-ring (bicyclic) bond motifs is 1. The third-order valence-electron chi connectivity index (χ3n) is 3.45. The Labute approximate surface area is 142 Å². The van der Waals surface area contributed by atoms with E-state index < -0.39 is 11.8 Å². The van der Waals surface area contributed by atoms with Crippen LogP contribution < -0.4 is 15.6 Å². The summed E-state index contributed by atoms with van der Waals surface area (Å²) < 4.78 is 5.06. The zero-order valence-electron chi connectivity index (χ0n) is 12.7. The Kier molecular flexibility index (Phi) is 4.39. The summed E-state index contributed by atoms with van der Waals surface area (Å²) in [5, 5.41) is 1.39. The molecule has 0 saturated heterocycles. The van der Waals surface area contributed by atoms with Gasteiger partial charge in [-0.05, 0) is 42.5 Å². The van der Waals surface area contributed by atoms with Crippen LogP contribution in [0.15, 0.2) is 48.5 Å². The average molecular weight is 344 g/mol. The lowest BCUT2D eigenvalue weighted by Crippen LogP contribution is -2.41. The number of carbonyl (C=O) groups is 2. The molecule has 0 aliphatic heterocycles. The summed E-state index contributed by atoms with van der Waals surface area (Å²) in [6.45, 7) is 0. The molecular weight excluding hydrogens is 330 g/mol. The number of aromatic amines is 1. The molecule has 0 radical (unpaired) electrons. The minimum Gasteiger partial charge on any atom is -0.497 e. The molecule has 6 nitrogen and oxygen atoms in total. The van der Waals surface area contributed by atoms with Gasteiger partial charge >= 0.3 is 0 Å². The number of rotatable bonds is 3. The van der Waals surface area contributed by atoms with Gasteiger partial charge in [-0.2, -0.15) is 0 Å². The number of carbonyl (C=O) groups excluding carboxylic acids is 2. The Balaban J connectivity index is 1.68. The number of aromatic nitrogens is 1. The van der Waals surface area contributed by atoms with Gasteiger partial charge in [-0.1, -0.05) is 17.7 Å². The van der Waals surface area contributed by atoms with Crippen molar-refractivity contribution in [3.05, 3.63) is 64.8 Å². The second-order valence-electron chi connectivity index (χ2n) is 5.05. The van der Waals surface area contributed by atoms with Gasteiger partial charge in [0.2, 0.25) is 0 Å². The van der Waals surface area contributed by atoms with Crippen LogP contribution in [-0.4, -0.2) is 23.9 Å². The highest BCUT2D eigenvalue weighted by Gasteiger charge is 2.12. The van der Waals surface area contributed by atoms with Crippen molar-refractivity contribution in [2.24, 2.45) is 0 Å². The van der Waals surface area contributed by atoms with Gasteiger partial charge in [0.25, 0.3) is 11.8 Å². The van der Waals surface area contributed by atoms with E-state index >= 15 is 0 Å². The normalized spacial score (nSPS) is 10.4. The van der Waals surface area contributed by atoms with Gasteiger partial charge in [0.15, 0.2) is 0 Å². The SMILES string of the molecule is COc1cccc(C(=O)NNC(=O)c2cc3cc(Cl)ccc3[nH]2)c1. The number of benzene rings is 2. The molecule has 0 aliphatic rings. The highest BCUT2D eigenvalue weighted by molar-refractivity contribution is 6.31. The lowest BCUT2D eigenvalue weighted by atomic mass is 10.2. The number of nitrogens with one attached hydrogen (secondary N) is 3. The maximum atomic E-state index is 12.1. The first kappa shape index (κ1) is 15.9. The third-order valence-corrected chi connectivity index (χ3v) is 3.68. The molecule has 24 heavy (non-hydrogen) atoms. The Morgan fingerprint density at radius 2 is 1.83 bits per heavy atom. The Morgan fingerprint density at radius 1 is 1.04 bits per heavy atom. The number of halogens is 1. The number of hydrogen-bond donors (Lipinski definition) is 3. The Bertz CT molecular complexity index is 920. The summed E-state index contributed by atoms with van der Waals surface area (Å²) in [5.41, 5.74) is 6.20. The van der Waals surface area contributed by atoms with Crippen LogP contribution in [0.1, 0.15) is 20.8 Å². The van der Waals surface area contributed by atoms with Crippen molar-refractivity contribution in [3.63, 3.8) is 0 Å². The van der Waals surface area contributed by atoms with E-state index in [-0.39, 0.29) is 0 Å². The lowest BCUT2D eigenvalue weighted by Gasteiger charge is -2.07. The molecule has 0 unspecified atom stereocenters. The van der Waals surface area contributed by atoms with E-state index in [4.69, 9.17) is 16.3 Å². The second-order valence-corrected chi connectivity index (χ2v) is 5.49. The Hall–Kier alpha value is -2.99. The first-order valence-electron chi connectivity index (χ1n) is 7.10. The van der Waals surface area contributed by atoms with Crippen molar-refractivity contribution in [1.29, 1.82) is 0 Å². The summed E-state index contributed by atoms with van der Waals surface area (Å²) in [5.74, 6) is -0.346. The monoisotopic (exact) mass is 343 g/mol. The highest BCUT2D eigenvalue weighted by atomic mass is 35.5. The van der Waals surface area contributed by atoms with Crippen LogP contribution in [-0.2, 0) is 0 Å². The molecule has 2 amide bonds. The molecule has 0 saturated carbocycles. The number of H-pyrrole nitrogens is 1. The molecule has 3 N–H and O–H groups in total. The first-order chi connectivity index (χ1) is 11.6. The van der Waals surface area contributed by atoms with Crippen LogP contribution >= 0.6 is 11.6 Å². The molecule has 2 aromatic carbocycles. The minimum atomic E-state index is -0.460. The minimum absolute atomic E-state index is 0.318. The smallest absolute Gasteiger partial charge is 0.286 e. The van der Waals surface area contributed by atoms with Crippen molar-refractivity contribution < 1.29 is 14.3 Å². The third kappa shape index (κ3) is 3.33. The molecule has 7 heteroatoms. The van der Waals surface area contributed by atoms with E-state index in [0.29, 0.717) is 22.0 Å². The number of amides is 2. The molecule has 1 heterocycles. The van der Waals surface area contributed by atoms with Gasteiger partial charge in [0, 0.05) is 21.5 Å². The fraction of sp³-hybridized carbons (Fsp3) is 0.0588. The van der Waals surface area contributed by atoms with E-state index in [1.165, 1.54) is 7.11 Å². The van der Waals surface area contributed by atoms with Crippen LogP contribution in [0.2, 0.25) is 5.02 Å². The summed E-state index contributed by atoms with van der Waals surface area (Å²) in [6, 6.07) is 13.5. The number of hydrazine groups is 1. The second kappa shape index (κ2) is 6.64. The zero-order valence-corrected chi connectivity index (χ0v) is 13.5. The summed E-state index contributed by atoms with van der Waals surface area (Å²) >= 11 is 5.92. The van der Waals surface area contributed by atoms with Crippen molar-refractivity contribution >= 4 is 34.3 Å². The fourth-order valence-electron chi connectivity index (χ4n) is 2.24. The molecule has 3 aromatic rings. The molecule has 0 bridgehead atoms. The van der Waals surface area contributed by atoms with Gasteiger partial charge < -0.3 is 9.72 Å². The lowest BCUT2D eigenvalue weighted by molar-refractivity contribution is 0.0844. The van der Waals surface area contributed by atoms with Crippen molar-refractivity contribution in [1.82, 2.24) is 15.8 Å². The van der Waals surface area contributed by atoms with Crippen LogP contribution in [0, 0.1) is 0 Å². The van der Waals surface area contributed by atoms with Crippen LogP contribution in [0.3, 0.4) is 0 Å². The highest BCUT2D eigenvalue weighted by Crippen LogP contribution is 2.20. The molecule has 0 spiro atoms. The van der Waals surface area contributed by atoms with Crippen LogP contribution in [0.5, 0.6) is 5.75 Å². The number of ether oxygens (including phenoxy) is 1. The summed E-state index contributed by atoms with van der Waals surface area (Å²) in [7, 11) is 1.51. The van der Waals surface area contributed by atoms with Crippen molar-refractivity contribution in [2.75, 3.05) is 7.11 Å². The van der Waals surface area contributed by atoms with Gasteiger partial charge in [0.1, 0.15) is 11.4 Å². The maximum absolute atomic E-state index is 12.1. The quantitative estimate of drug-likeness (QED) is 0.639. The molecule has 1 aromatic heterocycles. The Morgan fingerprint density at radius 3 is 2.62 bits per heavy atom. The van der Waals surface area contributed by atoms with E-state index in [9.17, 15) is 9.59 Å². The summed E-state index contributed by atoms with van der Waals surface area (Å²) in [4.78, 5) is 27.2. The summed E-state index contributed by atoms with van der Waals surface area (Å²) in [6.07, 6.45) is 0. The number of methoxy groups -OCH3 is 1.